The second-order valence-corrected chi connectivity index (χ2v) is 7.34. The Morgan fingerprint density at radius 1 is 0.964 bits per heavy atom. The first kappa shape index (κ1) is 18.4. The van der Waals surface area contributed by atoms with Crippen molar-refractivity contribution in [3.8, 4) is 0 Å². The zero-order valence-electron chi connectivity index (χ0n) is 15.3. The Balaban J connectivity index is 1.45. The molecule has 28 heavy (non-hydrogen) atoms. The Bertz CT molecular complexity index is 1030. The monoisotopic (exact) mass is 436 g/mol. The quantitative estimate of drug-likeness (QED) is 0.396. The fourth-order valence-electron chi connectivity index (χ4n) is 3.00. The van der Waals surface area contributed by atoms with Crippen molar-refractivity contribution >= 4 is 33.2 Å². The number of halogens is 1. The molecule has 0 amide bonds. The lowest BCUT2D eigenvalue weighted by atomic mass is 10.1. The van der Waals surface area contributed by atoms with Crippen molar-refractivity contribution in [2.75, 3.05) is 17.2 Å². The minimum absolute atomic E-state index is 0.665. The van der Waals surface area contributed by atoms with E-state index in [1.54, 1.807) is 16.9 Å². The lowest BCUT2D eigenvalue weighted by Crippen LogP contribution is -2.10. The number of rotatable bonds is 8. The van der Waals surface area contributed by atoms with E-state index in [0.29, 0.717) is 6.54 Å². The third kappa shape index (κ3) is 4.48. The molecule has 0 spiro atoms. The van der Waals surface area contributed by atoms with Gasteiger partial charge in [-0.2, -0.15) is 9.61 Å². The highest BCUT2D eigenvalue weighted by molar-refractivity contribution is 9.10. The van der Waals surface area contributed by atoms with Crippen LogP contribution in [0.2, 0.25) is 0 Å². The number of pyridine rings is 1. The van der Waals surface area contributed by atoms with Crippen LogP contribution in [0.3, 0.4) is 0 Å². The van der Waals surface area contributed by atoms with Crippen LogP contribution < -0.4 is 10.6 Å². The number of benzene rings is 1. The summed E-state index contributed by atoms with van der Waals surface area (Å²) in [6.07, 6.45) is 7.47. The number of hydrogen-bond acceptors (Lipinski definition) is 5. The molecular formula is C21H21BrN6. The zero-order valence-corrected chi connectivity index (χ0v) is 16.9. The SMILES string of the molecule is Brc1cnn2c(NCc3cccnc3)cc(NCCCc3ccccc3)nc12. The first-order valence-corrected chi connectivity index (χ1v) is 10.0. The molecule has 0 unspecified atom stereocenters. The molecule has 0 bridgehead atoms. The second kappa shape index (κ2) is 8.84. The molecule has 4 aromatic rings. The second-order valence-electron chi connectivity index (χ2n) is 6.49. The van der Waals surface area contributed by atoms with Gasteiger partial charge in [0.15, 0.2) is 5.65 Å². The average molecular weight is 437 g/mol. The number of anilines is 2. The maximum Gasteiger partial charge on any atom is 0.173 e. The lowest BCUT2D eigenvalue weighted by Gasteiger charge is -2.12. The number of aromatic nitrogens is 4. The van der Waals surface area contributed by atoms with Gasteiger partial charge in [0.2, 0.25) is 0 Å². The van der Waals surface area contributed by atoms with Crippen LogP contribution in [0.25, 0.3) is 5.65 Å². The molecule has 0 atom stereocenters. The smallest absolute Gasteiger partial charge is 0.173 e. The fourth-order valence-corrected chi connectivity index (χ4v) is 3.35. The van der Waals surface area contributed by atoms with Crippen molar-refractivity contribution in [1.82, 2.24) is 19.6 Å². The van der Waals surface area contributed by atoms with Gasteiger partial charge in [0.05, 0.1) is 10.7 Å². The molecule has 2 N–H and O–H groups in total. The lowest BCUT2D eigenvalue weighted by molar-refractivity contribution is 0.856. The first-order valence-electron chi connectivity index (χ1n) is 9.24. The summed E-state index contributed by atoms with van der Waals surface area (Å²) in [6.45, 7) is 1.52. The van der Waals surface area contributed by atoms with Gasteiger partial charge in [-0.15, -0.1) is 0 Å². The van der Waals surface area contributed by atoms with E-state index in [1.807, 2.05) is 30.5 Å². The van der Waals surface area contributed by atoms with Gasteiger partial charge < -0.3 is 10.6 Å². The molecule has 7 heteroatoms. The van der Waals surface area contributed by atoms with Crippen LogP contribution in [-0.4, -0.2) is 26.1 Å². The van der Waals surface area contributed by atoms with Crippen molar-refractivity contribution in [1.29, 1.82) is 0 Å². The van der Waals surface area contributed by atoms with E-state index >= 15 is 0 Å². The molecular weight excluding hydrogens is 416 g/mol. The topological polar surface area (TPSA) is 67.1 Å². The number of nitrogens with one attached hydrogen (secondary N) is 2. The summed E-state index contributed by atoms with van der Waals surface area (Å²) in [7, 11) is 0. The molecule has 3 aromatic heterocycles. The van der Waals surface area contributed by atoms with Crippen LogP contribution in [0.4, 0.5) is 11.6 Å². The van der Waals surface area contributed by atoms with E-state index in [9.17, 15) is 0 Å². The Morgan fingerprint density at radius 2 is 1.82 bits per heavy atom. The Labute approximate surface area is 172 Å². The van der Waals surface area contributed by atoms with Gasteiger partial charge in [-0.3, -0.25) is 4.98 Å². The predicted octanol–water partition coefficient (Wildman–Crippen LogP) is 4.54. The summed E-state index contributed by atoms with van der Waals surface area (Å²) in [5.74, 6) is 1.71. The van der Waals surface area contributed by atoms with Crippen molar-refractivity contribution in [3.05, 3.63) is 82.7 Å². The van der Waals surface area contributed by atoms with Gasteiger partial charge in [-0.25, -0.2) is 4.98 Å². The summed E-state index contributed by atoms with van der Waals surface area (Å²) >= 11 is 3.53. The molecule has 0 radical (unpaired) electrons. The summed E-state index contributed by atoms with van der Waals surface area (Å²) in [4.78, 5) is 8.85. The Hall–Kier alpha value is -2.93. The molecule has 1 aromatic carbocycles. The Morgan fingerprint density at radius 3 is 2.64 bits per heavy atom. The van der Waals surface area contributed by atoms with Crippen LogP contribution in [0.15, 0.2) is 71.6 Å². The maximum absolute atomic E-state index is 4.69. The number of aryl methyl sites for hydroxylation is 1. The molecule has 0 aliphatic rings. The molecule has 142 valence electrons. The third-order valence-electron chi connectivity index (χ3n) is 4.42. The molecule has 0 aliphatic heterocycles. The van der Waals surface area contributed by atoms with Gasteiger partial charge in [-0.1, -0.05) is 36.4 Å². The van der Waals surface area contributed by atoms with Crippen LogP contribution in [0.5, 0.6) is 0 Å². The third-order valence-corrected chi connectivity index (χ3v) is 4.98. The van der Waals surface area contributed by atoms with E-state index in [4.69, 9.17) is 0 Å². The summed E-state index contributed by atoms with van der Waals surface area (Å²) in [5, 5.41) is 11.3. The largest absolute Gasteiger partial charge is 0.370 e. The van der Waals surface area contributed by atoms with Gasteiger partial charge in [0, 0.05) is 31.5 Å². The highest BCUT2D eigenvalue weighted by Gasteiger charge is 2.10. The average Bonchev–Trinajstić information content (AvgIpc) is 3.12. The molecule has 3 heterocycles. The summed E-state index contributed by atoms with van der Waals surface area (Å²) in [5.41, 5.74) is 3.24. The maximum atomic E-state index is 4.69. The molecule has 6 nitrogen and oxygen atoms in total. The molecule has 0 saturated heterocycles. The van der Waals surface area contributed by atoms with Gasteiger partial charge in [0.25, 0.3) is 0 Å². The highest BCUT2D eigenvalue weighted by atomic mass is 79.9. The normalized spacial score (nSPS) is 10.9. The number of nitrogens with zero attached hydrogens (tertiary/aromatic N) is 4. The summed E-state index contributed by atoms with van der Waals surface area (Å²) in [6, 6.07) is 16.5. The van der Waals surface area contributed by atoms with Gasteiger partial charge in [0.1, 0.15) is 11.6 Å². The van der Waals surface area contributed by atoms with Crippen LogP contribution in [-0.2, 0) is 13.0 Å². The first-order chi connectivity index (χ1) is 13.8. The number of hydrogen-bond donors (Lipinski definition) is 2. The summed E-state index contributed by atoms with van der Waals surface area (Å²) < 4.78 is 2.67. The van der Waals surface area contributed by atoms with Gasteiger partial charge >= 0.3 is 0 Å². The zero-order chi connectivity index (χ0) is 19.2. The molecule has 0 aliphatic carbocycles. The Kier molecular flexibility index (Phi) is 5.82. The minimum atomic E-state index is 0.665. The van der Waals surface area contributed by atoms with Crippen molar-refractivity contribution in [2.45, 2.75) is 19.4 Å². The van der Waals surface area contributed by atoms with E-state index in [2.05, 4.69) is 65.9 Å². The van der Waals surface area contributed by atoms with Crippen molar-refractivity contribution in [2.24, 2.45) is 0 Å². The van der Waals surface area contributed by atoms with E-state index in [1.165, 1.54) is 5.56 Å². The fraction of sp³-hybridized carbons (Fsp3) is 0.190. The van der Waals surface area contributed by atoms with Crippen LogP contribution in [0, 0.1) is 0 Å². The van der Waals surface area contributed by atoms with Gasteiger partial charge in [-0.05, 0) is 46.0 Å². The van der Waals surface area contributed by atoms with Crippen molar-refractivity contribution < 1.29 is 0 Å². The molecule has 4 rings (SSSR count). The van der Waals surface area contributed by atoms with Crippen molar-refractivity contribution in [3.63, 3.8) is 0 Å². The van der Waals surface area contributed by atoms with Crippen LogP contribution >= 0.6 is 15.9 Å². The molecule has 0 saturated carbocycles. The molecule has 0 fully saturated rings. The van der Waals surface area contributed by atoms with Crippen LogP contribution in [0.1, 0.15) is 17.5 Å². The highest BCUT2D eigenvalue weighted by Crippen LogP contribution is 2.23. The predicted molar refractivity (Wildman–Crippen MR) is 116 cm³/mol. The van der Waals surface area contributed by atoms with E-state index in [-0.39, 0.29) is 0 Å². The minimum Gasteiger partial charge on any atom is -0.370 e. The number of fused-ring (bicyclic) bond motifs is 1. The van der Waals surface area contributed by atoms with E-state index < -0.39 is 0 Å². The van der Waals surface area contributed by atoms with E-state index in [0.717, 1.165) is 46.7 Å². The standard InChI is InChI=1S/C21H21BrN6/c22-18-15-26-28-20(25-14-17-9-4-10-23-13-17)12-19(27-21(18)28)24-11-5-8-16-6-2-1-3-7-16/h1-4,6-7,9-10,12-13,15,25H,5,8,11,14H2,(H,24,27).